The Balaban J connectivity index is 1.73. The van der Waals surface area contributed by atoms with Crippen molar-refractivity contribution in [1.82, 2.24) is 14.8 Å². The van der Waals surface area contributed by atoms with Gasteiger partial charge in [-0.15, -0.1) is 5.10 Å². The second kappa shape index (κ2) is 7.00. The molecule has 1 aromatic heterocycles. The Morgan fingerprint density at radius 3 is 2.43 bits per heavy atom. The summed E-state index contributed by atoms with van der Waals surface area (Å²) < 4.78 is 7.79. The topological polar surface area (TPSA) is 69.2 Å². The molecule has 2 heterocycles. The van der Waals surface area contributed by atoms with E-state index in [9.17, 15) is 0 Å². The van der Waals surface area contributed by atoms with Gasteiger partial charge in [-0.25, -0.2) is 0 Å². The van der Waals surface area contributed by atoms with Crippen LogP contribution >= 0.6 is 0 Å². The summed E-state index contributed by atoms with van der Waals surface area (Å²) >= 11 is 0. The first-order valence-corrected chi connectivity index (χ1v) is 8.40. The molecule has 23 heavy (non-hydrogen) atoms. The van der Waals surface area contributed by atoms with Gasteiger partial charge in [-0.2, -0.15) is 0 Å². The van der Waals surface area contributed by atoms with E-state index in [0.29, 0.717) is 6.01 Å². The first-order chi connectivity index (χ1) is 11.2. The maximum atomic E-state index is 5.91. The number of benzene rings is 1. The highest BCUT2D eigenvalue weighted by molar-refractivity contribution is 5.49. The van der Waals surface area contributed by atoms with Crippen LogP contribution in [0.2, 0.25) is 0 Å². The molecule has 1 saturated heterocycles. The van der Waals surface area contributed by atoms with Gasteiger partial charge in [0.05, 0.1) is 6.04 Å². The zero-order valence-corrected chi connectivity index (χ0v) is 13.9. The van der Waals surface area contributed by atoms with Crippen molar-refractivity contribution in [2.24, 2.45) is 5.73 Å². The molecule has 1 atom stereocenters. The number of hydrogen-bond acceptors (Lipinski definition) is 5. The molecule has 1 aromatic carbocycles. The molecule has 3 rings (SSSR count). The van der Waals surface area contributed by atoms with Crippen molar-refractivity contribution in [3.63, 3.8) is 0 Å². The van der Waals surface area contributed by atoms with Crippen molar-refractivity contribution >= 4 is 5.69 Å². The summed E-state index contributed by atoms with van der Waals surface area (Å²) in [6.07, 6.45) is 3.89. The van der Waals surface area contributed by atoms with E-state index in [4.69, 9.17) is 10.5 Å². The second-order valence-corrected chi connectivity index (χ2v) is 6.02. The molecule has 0 aliphatic carbocycles. The average molecular weight is 315 g/mol. The molecule has 2 N–H and O–H groups in total. The summed E-state index contributed by atoms with van der Waals surface area (Å²) in [5.41, 5.74) is 7.17. The lowest BCUT2D eigenvalue weighted by Gasteiger charge is -2.28. The van der Waals surface area contributed by atoms with E-state index >= 15 is 0 Å². The minimum absolute atomic E-state index is 0.165. The molecule has 6 nitrogen and oxygen atoms in total. The minimum Gasteiger partial charge on any atom is -0.424 e. The minimum atomic E-state index is -0.165. The van der Waals surface area contributed by atoms with Crippen LogP contribution in [0.5, 0.6) is 11.8 Å². The summed E-state index contributed by atoms with van der Waals surface area (Å²) in [4.78, 5) is 2.43. The van der Waals surface area contributed by atoms with Crippen molar-refractivity contribution in [3.8, 4) is 11.8 Å². The number of rotatable bonds is 5. The van der Waals surface area contributed by atoms with Gasteiger partial charge in [0, 0.05) is 25.3 Å². The zero-order valence-electron chi connectivity index (χ0n) is 13.9. The number of hydrogen-bond donors (Lipinski definition) is 1. The van der Waals surface area contributed by atoms with Gasteiger partial charge < -0.3 is 15.4 Å². The summed E-state index contributed by atoms with van der Waals surface area (Å²) in [6.45, 7) is 6.93. The van der Waals surface area contributed by atoms with E-state index in [1.807, 2.05) is 30.5 Å². The van der Waals surface area contributed by atoms with E-state index in [1.165, 1.54) is 24.9 Å². The molecule has 0 amide bonds. The maximum Gasteiger partial charge on any atom is 0.322 e. The first kappa shape index (κ1) is 15.8. The number of aromatic nitrogens is 3. The molecule has 1 aliphatic heterocycles. The van der Waals surface area contributed by atoms with Crippen LogP contribution in [0.3, 0.4) is 0 Å². The third-order valence-electron chi connectivity index (χ3n) is 4.24. The van der Waals surface area contributed by atoms with Gasteiger partial charge in [-0.05, 0) is 57.4 Å². The van der Waals surface area contributed by atoms with Crippen molar-refractivity contribution in [3.05, 3.63) is 30.1 Å². The van der Waals surface area contributed by atoms with E-state index in [2.05, 4.69) is 27.2 Å². The van der Waals surface area contributed by atoms with E-state index in [-0.39, 0.29) is 6.04 Å². The molecule has 0 spiro atoms. The Bertz CT molecular complexity index is 629. The molecule has 0 unspecified atom stereocenters. The van der Waals surface area contributed by atoms with Crippen molar-refractivity contribution in [2.75, 3.05) is 18.0 Å². The third kappa shape index (κ3) is 3.47. The van der Waals surface area contributed by atoms with Gasteiger partial charge >= 0.3 is 6.01 Å². The fourth-order valence-corrected chi connectivity index (χ4v) is 2.99. The average Bonchev–Trinajstić information content (AvgIpc) is 2.99. The second-order valence-electron chi connectivity index (χ2n) is 6.02. The van der Waals surface area contributed by atoms with Gasteiger partial charge in [0.2, 0.25) is 0 Å². The molecule has 0 radical (unpaired) electrons. The highest BCUT2D eigenvalue weighted by atomic mass is 16.5. The van der Waals surface area contributed by atoms with Crippen LogP contribution in [0.15, 0.2) is 24.3 Å². The largest absolute Gasteiger partial charge is 0.424 e. The number of anilines is 1. The summed E-state index contributed by atoms with van der Waals surface area (Å²) in [7, 11) is 0. The fraction of sp³-hybridized carbons (Fsp3) is 0.529. The standard InChI is InChI=1S/C17H25N5O/c1-3-22-16(13(2)18)19-20-17(22)23-15-9-7-14(8-10-15)21-11-5-4-6-12-21/h7-10,13H,3-6,11-12,18H2,1-2H3/t13-/m1/s1. The molecule has 124 valence electrons. The van der Waals surface area contributed by atoms with Gasteiger partial charge in [-0.1, -0.05) is 5.10 Å². The highest BCUT2D eigenvalue weighted by Gasteiger charge is 2.16. The summed E-state index contributed by atoms with van der Waals surface area (Å²) in [5.74, 6) is 1.51. The monoisotopic (exact) mass is 315 g/mol. The van der Waals surface area contributed by atoms with Crippen molar-refractivity contribution in [1.29, 1.82) is 0 Å². The summed E-state index contributed by atoms with van der Waals surface area (Å²) in [5, 5.41) is 8.24. The molecular weight excluding hydrogens is 290 g/mol. The smallest absolute Gasteiger partial charge is 0.322 e. The molecule has 6 heteroatoms. The Hall–Kier alpha value is -2.08. The lowest BCUT2D eigenvalue weighted by molar-refractivity contribution is 0.409. The third-order valence-corrected chi connectivity index (χ3v) is 4.24. The lowest BCUT2D eigenvalue weighted by atomic mass is 10.1. The number of piperidine rings is 1. The van der Waals surface area contributed by atoms with Crippen LogP contribution in [0.1, 0.15) is 45.0 Å². The van der Waals surface area contributed by atoms with Crippen LogP contribution in [0, 0.1) is 0 Å². The molecular formula is C17H25N5O. The van der Waals surface area contributed by atoms with E-state index < -0.39 is 0 Å². The predicted octanol–water partition coefficient (Wildman–Crippen LogP) is 3.10. The first-order valence-electron chi connectivity index (χ1n) is 8.40. The number of nitrogens with two attached hydrogens (primary N) is 1. The quantitative estimate of drug-likeness (QED) is 0.918. The van der Waals surface area contributed by atoms with Gasteiger partial charge in [0.15, 0.2) is 5.82 Å². The molecule has 0 bridgehead atoms. The Kier molecular flexibility index (Phi) is 4.81. The Morgan fingerprint density at radius 2 is 1.83 bits per heavy atom. The zero-order chi connectivity index (χ0) is 16.2. The molecule has 0 saturated carbocycles. The van der Waals surface area contributed by atoms with Crippen LogP contribution in [0.25, 0.3) is 0 Å². The van der Waals surface area contributed by atoms with Crippen LogP contribution < -0.4 is 15.4 Å². The predicted molar refractivity (Wildman–Crippen MR) is 90.9 cm³/mol. The SMILES string of the molecule is CCn1c(Oc2ccc(N3CCCCC3)cc2)nnc1[C@@H](C)N. The molecule has 2 aromatic rings. The maximum absolute atomic E-state index is 5.91. The number of nitrogens with zero attached hydrogens (tertiary/aromatic N) is 4. The lowest BCUT2D eigenvalue weighted by Crippen LogP contribution is -2.29. The highest BCUT2D eigenvalue weighted by Crippen LogP contribution is 2.26. The fourth-order valence-electron chi connectivity index (χ4n) is 2.99. The van der Waals surface area contributed by atoms with E-state index in [0.717, 1.165) is 31.2 Å². The summed E-state index contributed by atoms with van der Waals surface area (Å²) in [6, 6.07) is 8.53. The Morgan fingerprint density at radius 1 is 1.13 bits per heavy atom. The Labute approximate surface area is 137 Å². The van der Waals surface area contributed by atoms with Crippen LogP contribution in [-0.2, 0) is 6.54 Å². The molecule has 1 fully saturated rings. The van der Waals surface area contributed by atoms with Crippen molar-refractivity contribution in [2.45, 2.75) is 45.7 Å². The van der Waals surface area contributed by atoms with E-state index in [1.54, 1.807) is 0 Å². The normalized spacial score (nSPS) is 16.4. The molecule has 1 aliphatic rings. The van der Waals surface area contributed by atoms with Gasteiger partial charge in [0.25, 0.3) is 0 Å². The van der Waals surface area contributed by atoms with Crippen LogP contribution in [0.4, 0.5) is 5.69 Å². The number of ether oxygens (including phenoxy) is 1. The van der Waals surface area contributed by atoms with Gasteiger partial charge in [0.1, 0.15) is 5.75 Å². The van der Waals surface area contributed by atoms with Gasteiger partial charge in [-0.3, -0.25) is 4.57 Å². The van der Waals surface area contributed by atoms with Crippen LogP contribution in [-0.4, -0.2) is 27.9 Å². The van der Waals surface area contributed by atoms with Crippen molar-refractivity contribution < 1.29 is 4.74 Å².